The number of aromatic nitrogens is 1. The number of nitrogens with zero attached hydrogens (tertiary/aromatic N) is 4. The quantitative estimate of drug-likeness (QED) is 0.528. The number of carbonyl (C=O) groups is 1. The van der Waals surface area contributed by atoms with Crippen LogP contribution in [0.1, 0.15) is 32.7 Å². The number of hydrogen-bond donors (Lipinski definition) is 3. The maximum atomic E-state index is 13.0. The van der Waals surface area contributed by atoms with E-state index in [-0.39, 0.29) is 18.2 Å². The predicted octanol–water partition coefficient (Wildman–Crippen LogP) is 1.34. The van der Waals surface area contributed by atoms with Gasteiger partial charge in [-0.05, 0) is 41.9 Å². The normalized spacial score (nSPS) is 13.4. The average molecular weight is 361 g/mol. The lowest BCUT2D eigenvalue weighted by Crippen LogP contribution is -2.25. The number of nitriles is 1. The van der Waals surface area contributed by atoms with Gasteiger partial charge in [-0.15, -0.1) is 0 Å². The second-order valence-corrected chi connectivity index (χ2v) is 6.06. The average Bonchev–Trinajstić information content (AvgIpc) is 3.00. The van der Waals surface area contributed by atoms with Gasteiger partial charge in [0.25, 0.3) is 5.91 Å². The zero-order chi connectivity index (χ0) is 19.4. The van der Waals surface area contributed by atoms with Gasteiger partial charge in [0.1, 0.15) is 17.9 Å². The highest BCUT2D eigenvalue weighted by atomic mass is 16.2. The Labute approximate surface area is 156 Å². The number of amides is 1. The molecule has 136 valence electrons. The number of hydrogen-bond acceptors (Lipinski definition) is 5. The van der Waals surface area contributed by atoms with E-state index in [1.165, 1.54) is 0 Å². The first-order valence-corrected chi connectivity index (χ1v) is 8.36. The van der Waals surface area contributed by atoms with Crippen LogP contribution in [0.25, 0.3) is 0 Å². The van der Waals surface area contributed by atoms with Crippen molar-refractivity contribution in [3.05, 3.63) is 58.3 Å². The van der Waals surface area contributed by atoms with E-state index in [1.54, 1.807) is 29.2 Å². The third-order valence-corrected chi connectivity index (χ3v) is 4.32. The molecule has 4 N–H and O–H groups in total. The number of benzene rings is 1. The number of pyridine rings is 1. The van der Waals surface area contributed by atoms with E-state index in [0.717, 1.165) is 23.0 Å². The van der Waals surface area contributed by atoms with Crippen LogP contribution in [0.2, 0.25) is 0 Å². The number of amidine groups is 1. The van der Waals surface area contributed by atoms with E-state index in [1.807, 2.05) is 13.1 Å². The molecule has 0 bridgehead atoms. The van der Waals surface area contributed by atoms with Crippen LogP contribution < -0.4 is 16.0 Å². The number of rotatable bonds is 6. The molecule has 8 nitrogen and oxygen atoms in total. The Morgan fingerprint density at radius 1 is 1.52 bits per heavy atom. The number of nitrogens with one attached hydrogen (secondary N) is 2. The van der Waals surface area contributed by atoms with Crippen LogP contribution in [-0.4, -0.2) is 30.1 Å². The fourth-order valence-electron chi connectivity index (χ4n) is 3.13. The Bertz CT molecular complexity index is 975. The molecular formula is C19H19N7O. The molecule has 2 heterocycles. The summed E-state index contributed by atoms with van der Waals surface area (Å²) < 4.78 is 0. The van der Waals surface area contributed by atoms with Gasteiger partial charge in [0.15, 0.2) is 5.84 Å². The Morgan fingerprint density at radius 2 is 2.33 bits per heavy atom. The summed E-state index contributed by atoms with van der Waals surface area (Å²) in [5, 5.41) is 19.1. The molecule has 0 unspecified atom stereocenters. The van der Waals surface area contributed by atoms with Gasteiger partial charge in [-0.25, -0.2) is 9.98 Å². The van der Waals surface area contributed by atoms with Crippen molar-refractivity contribution in [2.45, 2.75) is 19.5 Å². The smallest absolute Gasteiger partial charge is 0.260 e. The Hall–Kier alpha value is -3.57. The molecule has 0 saturated heterocycles. The number of nitrogens with two attached hydrogens (primary N) is 1. The molecule has 0 aliphatic carbocycles. The van der Waals surface area contributed by atoms with Crippen LogP contribution in [0.5, 0.6) is 0 Å². The summed E-state index contributed by atoms with van der Waals surface area (Å²) in [4.78, 5) is 22.7. The summed E-state index contributed by atoms with van der Waals surface area (Å²) >= 11 is 0. The first-order valence-electron chi connectivity index (χ1n) is 8.36. The van der Waals surface area contributed by atoms with Crippen LogP contribution in [0.4, 0.5) is 5.82 Å². The monoisotopic (exact) mass is 361 g/mol. The van der Waals surface area contributed by atoms with Crippen molar-refractivity contribution in [1.29, 1.82) is 10.7 Å². The molecule has 2 aromatic rings. The van der Waals surface area contributed by atoms with Crippen molar-refractivity contribution < 1.29 is 4.79 Å². The largest absolute Gasteiger partial charge is 0.382 e. The first-order chi connectivity index (χ1) is 13.1. The predicted molar refractivity (Wildman–Crippen MR) is 103 cm³/mol. The van der Waals surface area contributed by atoms with E-state index < -0.39 is 0 Å². The molecule has 0 fully saturated rings. The molecule has 3 rings (SSSR count). The fourth-order valence-corrected chi connectivity index (χ4v) is 3.13. The summed E-state index contributed by atoms with van der Waals surface area (Å²) in [6, 6.07) is 11.0. The number of anilines is 1. The molecule has 0 saturated carbocycles. The minimum Gasteiger partial charge on any atom is -0.382 e. The molecular weight excluding hydrogens is 342 g/mol. The van der Waals surface area contributed by atoms with Gasteiger partial charge in [-0.3, -0.25) is 15.1 Å². The molecule has 0 atom stereocenters. The highest BCUT2D eigenvalue weighted by molar-refractivity contribution is 6.10. The van der Waals surface area contributed by atoms with E-state index >= 15 is 0 Å². The van der Waals surface area contributed by atoms with Crippen LogP contribution in [0, 0.1) is 16.7 Å². The van der Waals surface area contributed by atoms with Gasteiger partial charge >= 0.3 is 0 Å². The third-order valence-electron chi connectivity index (χ3n) is 4.32. The minimum atomic E-state index is -0.158. The SMILES string of the molecule is CNCc1cc(CC#N)cc2c1CN(c1cccc(C(N)=NC=N)n1)C2=O. The van der Waals surface area contributed by atoms with Crippen molar-refractivity contribution in [3.63, 3.8) is 0 Å². The van der Waals surface area contributed by atoms with Gasteiger partial charge < -0.3 is 11.1 Å². The lowest BCUT2D eigenvalue weighted by molar-refractivity contribution is 0.0996. The zero-order valence-corrected chi connectivity index (χ0v) is 14.9. The zero-order valence-electron chi connectivity index (χ0n) is 14.9. The van der Waals surface area contributed by atoms with E-state index in [9.17, 15) is 4.79 Å². The summed E-state index contributed by atoms with van der Waals surface area (Å²) in [7, 11) is 1.84. The van der Waals surface area contributed by atoms with Gasteiger partial charge in [0, 0.05) is 12.1 Å². The van der Waals surface area contributed by atoms with E-state index in [2.05, 4.69) is 21.4 Å². The molecule has 0 spiro atoms. The van der Waals surface area contributed by atoms with E-state index in [4.69, 9.17) is 16.4 Å². The number of aliphatic imine (C=N–C) groups is 1. The van der Waals surface area contributed by atoms with Gasteiger partial charge in [0.05, 0.1) is 19.0 Å². The Balaban J connectivity index is 2.01. The molecule has 1 aromatic carbocycles. The van der Waals surface area contributed by atoms with Crippen LogP contribution in [0.15, 0.2) is 35.3 Å². The van der Waals surface area contributed by atoms with Crippen molar-refractivity contribution in [3.8, 4) is 6.07 Å². The number of carbonyl (C=O) groups excluding carboxylic acids is 1. The molecule has 0 radical (unpaired) electrons. The Kier molecular flexibility index (Phi) is 5.24. The fraction of sp³-hybridized carbons (Fsp3) is 0.211. The minimum absolute atomic E-state index is 0.114. The first kappa shape index (κ1) is 18.2. The lowest BCUT2D eigenvalue weighted by Gasteiger charge is -2.15. The summed E-state index contributed by atoms with van der Waals surface area (Å²) in [6.07, 6.45) is 1.10. The summed E-state index contributed by atoms with van der Waals surface area (Å²) in [6.45, 7) is 1.01. The second-order valence-electron chi connectivity index (χ2n) is 6.06. The number of fused-ring (bicyclic) bond motifs is 1. The molecule has 27 heavy (non-hydrogen) atoms. The van der Waals surface area contributed by atoms with Crippen molar-refractivity contribution >= 4 is 23.9 Å². The molecule has 1 aliphatic rings. The summed E-state index contributed by atoms with van der Waals surface area (Å²) in [5.41, 5.74) is 9.56. The van der Waals surface area contributed by atoms with Crippen LogP contribution in [-0.2, 0) is 19.5 Å². The van der Waals surface area contributed by atoms with Crippen LogP contribution >= 0.6 is 0 Å². The molecule has 8 heteroatoms. The van der Waals surface area contributed by atoms with Crippen molar-refractivity contribution in [1.82, 2.24) is 10.3 Å². The molecule has 1 amide bonds. The topological polar surface area (TPSA) is 131 Å². The second kappa shape index (κ2) is 7.76. The van der Waals surface area contributed by atoms with E-state index in [0.29, 0.717) is 30.2 Å². The summed E-state index contributed by atoms with van der Waals surface area (Å²) in [5.74, 6) is 0.423. The van der Waals surface area contributed by atoms with Crippen molar-refractivity contribution in [2.24, 2.45) is 10.7 Å². The maximum Gasteiger partial charge on any atom is 0.260 e. The van der Waals surface area contributed by atoms with Crippen molar-refractivity contribution in [2.75, 3.05) is 11.9 Å². The molecule has 1 aliphatic heterocycles. The standard InChI is InChI=1S/C19H19N7O/c1-23-9-13-7-12(5-6-20)8-14-15(13)10-26(19(14)27)17-4-2-3-16(25-17)18(22)24-11-21/h2-4,7-8,11,23H,5,9-10H2,1H3,(H3,21,22,24). The third kappa shape index (κ3) is 3.54. The molecule has 1 aromatic heterocycles. The van der Waals surface area contributed by atoms with Gasteiger partial charge in [-0.2, -0.15) is 5.26 Å². The lowest BCUT2D eigenvalue weighted by atomic mass is 9.98. The Morgan fingerprint density at radius 3 is 3.04 bits per heavy atom. The van der Waals surface area contributed by atoms with Gasteiger partial charge in [-0.1, -0.05) is 12.1 Å². The van der Waals surface area contributed by atoms with Gasteiger partial charge in [0.2, 0.25) is 0 Å². The highest BCUT2D eigenvalue weighted by Crippen LogP contribution is 2.31. The van der Waals surface area contributed by atoms with Crippen LogP contribution in [0.3, 0.4) is 0 Å². The maximum absolute atomic E-state index is 13.0. The highest BCUT2D eigenvalue weighted by Gasteiger charge is 2.31.